The highest BCUT2D eigenvalue weighted by Gasteiger charge is 2.24. The lowest BCUT2D eigenvalue weighted by Gasteiger charge is -2.31. The van der Waals surface area contributed by atoms with Crippen LogP contribution in [0.2, 0.25) is 0 Å². The predicted molar refractivity (Wildman–Crippen MR) is 98.2 cm³/mol. The number of fused-ring (bicyclic) bond motifs is 1. The molecule has 132 valence electrons. The third kappa shape index (κ3) is 3.87. The molecule has 1 amide bonds. The van der Waals surface area contributed by atoms with Gasteiger partial charge in [-0.15, -0.1) is 0 Å². The topological polar surface area (TPSA) is 50.8 Å². The van der Waals surface area contributed by atoms with Crippen molar-refractivity contribution in [1.29, 1.82) is 0 Å². The number of benzene rings is 2. The van der Waals surface area contributed by atoms with E-state index >= 15 is 0 Å². The summed E-state index contributed by atoms with van der Waals surface area (Å²) in [6, 6.07) is 13.5. The predicted octanol–water partition coefficient (Wildman–Crippen LogP) is 3.09. The number of hydrogen-bond acceptors (Lipinski definition) is 4. The minimum Gasteiger partial charge on any atom is -0.497 e. The van der Waals surface area contributed by atoms with Crippen LogP contribution in [0.25, 0.3) is 0 Å². The summed E-state index contributed by atoms with van der Waals surface area (Å²) < 4.78 is 10.6. The summed E-state index contributed by atoms with van der Waals surface area (Å²) in [6.07, 6.45) is 0.904. The second kappa shape index (κ2) is 7.47. The maximum absolute atomic E-state index is 12.8. The lowest BCUT2D eigenvalue weighted by molar-refractivity contribution is -0.132. The molecule has 0 bridgehead atoms. The summed E-state index contributed by atoms with van der Waals surface area (Å²) in [5.74, 6) is 1.47. The van der Waals surface area contributed by atoms with E-state index < -0.39 is 0 Å². The van der Waals surface area contributed by atoms with Crippen LogP contribution in [0.5, 0.6) is 11.5 Å². The van der Waals surface area contributed by atoms with Crippen molar-refractivity contribution in [2.45, 2.75) is 25.9 Å². The van der Waals surface area contributed by atoms with Crippen LogP contribution in [-0.2, 0) is 17.8 Å². The fourth-order valence-electron chi connectivity index (χ4n) is 3.16. The fraction of sp³-hybridized carbons (Fsp3) is 0.350. The van der Waals surface area contributed by atoms with E-state index in [9.17, 15) is 4.79 Å². The van der Waals surface area contributed by atoms with Gasteiger partial charge in [-0.1, -0.05) is 24.3 Å². The first-order valence-corrected chi connectivity index (χ1v) is 8.46. The van der Waals surface area contributed by atoms with Gasteiger partial charge in [0.2, 0.25) is 5.91 Å². The van der Waals surface area contributed by atoms with Crippen molar-refractivity contribution in [3.05, 3.63) is 53.6 Å². The molecule has 1 aliphatic rings. The number of methoxy groups -OCH3 is 2. The zero-order valence-electron chi connectivity index (χ0n) is 14.9. The Labute approximate surface area is 148 Å². The molecule has 5 nitrogen and oxygen atoms in total. The summed E-state index contributed by atoms with van der Waals surface area (Å²) >= 11 is 0. The molecule has 1 unspecified atom stereocenters. The molecule has 1 heterocycles. The van der Waals surface area contributed by atoms with E-state index in [1.165, 1.54) is 11.1 Å². The van der Waals surface area contributed by atoms with Gasteiger partial charge < -0.3 is 19.7 Å². The van der Waals surface area contributed by atoms with Gasteiger partial charge in [0.05, 0.1) is 14.2 Å². The highest BCUT2D eigenvalue weighted by atomic mass is 16.5. The molecule has 25 heavy (non-hydrogen) atoms. The number of amides is 1. The fourth-order valence-corrected chi connectivity index (χ4v) is 3.16. The molecule has 0 saturated heterocycles. The second-order valence-electron chi connectivity index (χ2n) is 6.25. The van der Waals surface area contributed by atoms with E-state index in [-0.39, 0.29) is 11.9 Å². The Hall–Kier alpha value is -2.69. The Kier molecular flexibility index (Phi) is 5.12. The highest BCUT2D eigenvalue weighted by Crippen LogP contribution is 2.26. The molecule has 0 aromatic heterocycles. The summed E-state index contributed by atoms with van der Waals surface area (Å²) in [5.41, 5.74) is 3.37. The molecule has 5 heteroatoms. The normalized spacial score (nSPS) is 14.4. The highest BCUT2D eigenvalue weighted by molar-refractivity contribution is 5.84. The number of rotatable bonds is 5. The summed E-state index contributed by atoms with van der Waals surface area (Å²) in [5, 5.41) is 3.26. The van der Waals surface area contributed by atoms with Gasteiger partial charge in [-0.25, -0.2) is 0 Å². The van der Waals surface area contributed by atoms with Gasteiger partial charge in [0.25, 0.3) is 0 Å². The molecule has 1 aliphatic heterocycles. The minimum absolute atomic E-state index is 0.0938. The van der Waals surface area contributed by atoms with E-state index in [1.807, 2.05) is 30.0 Å². The number of ether oxygens (including phenoxy) is 2. The number of anilines is 1. The molecule has 0 spiro atoms. The van der Waals surface area contributed by atoms with Crippen molar-refractivity contribution in [2.24, 2.45) is 0 Å². The molecule has 0 radical (unpaired) electrons. The maximum Gasteiger partial charge on any atom is 0.245 e. The third-order valence-electron chi connectivity index (χ3n) is 4.55. The van der Waals surface area contributed by atoms with Crippen molar-refractivity contribution in [2.75, 3.05) is 26.1 Å². The molecule has 1 N–H and O–H groups in total. The van der Waals surface area contributed by atoms with Crippen LogP contribution in [-0.4, -0.2) is 37.6 Å². The zero-order chi connectivity index (χ0) is 17.8. The zero-order valence-corrected chi connectivity index (χ0v) is 14.9. The monoisotopic (exact) mass is 340 g/mol. The average Bonchev–Trinajstić information content (AvgIpc) is 2.66. The van der Waals surface area contributed by atoms with Crippen LogP contribution < -0.4 is 14.8 Å². The lowest BCUT2D eigenvalue weighted by atomic mass is 9.99. The van der Waals surface area contributed by atoms with Crippen molar-refractivity contribution < 1.29 is 14.3 Å². The largest absolute Gasteiger partial charge is 0.497 e. The first-order chi connectivity index (χ1) is 12.1. The van der Waals surface area contributed by atoms with Gasteiger partial charge in [0.1, 0.15) is 17.5 Å². The van der Waals surface area contributed by atoms with E-state index in [1.54, 1.807) is 20.3 Å². The van der Waals surface area contributed by atoms with Crippen LogP contribution in [0, 0.1) is 0 Å². The summed E-state index contributed by atoms with van der Waals surface area (Å²) in [4.78, 5) is 14.7. The van der Waals surface area contributed by atoms with Crippen molar-refractivity contribution in [1.82, 2.24) is 4.90 Å². The maximum atomic E-state index is 12.8. The van der Waals surface area contributed by atoms with Crippen LogP contribution in [0.3, 0.4) is 0 Å². The van der Waals surface area contributed by atoms with Crippen molar-refractivity contribution in [3.8, 4) is 11.5 Å². The first-order valence-electron chi connectivity index (χ1n) is 8.46. The lowest BCUT2D eigenvalue weighted by Crippen LogP contribution is -2.43. The summed E-state index contributed by atoms with van der Waals surface area (Å²) in [6.45, 7) is 3.31. The molecule has 3 rings (SSSR count). The van der Waals surface area contributed by atoms with Gasteiger partial charge in [0, 0.05) is 37.0 Å². The second-order valence-corrected chi connectivity index (χ2v) is 6.25. The smallest absolute Gasteiger partial charge is 0.245 e. The molecule has 2 aromatic rings. The first kappa shape index (κ1) is 17.1. The van der Waals surface area contributed by atoms with Crippen LogP contribution in [0.4, 0.5) is 5.69 Å². The van der Waals surface area contributed by atoms with E-state index in [4.69, 9.17) is 9.47 Å². The van der Waals surface area contributed by atoms with Gasteiger partial charge in [-0.2, -0.15) is 0 Å². The molecular weight excluding hydrogens is 316 g/mol. The summed E-state index contributed by atoms with van der Waals surface area (Å²) in [7, 11) is 3.22. The molecule has 1 atom stereocenters. The van der Waals surface area contributed by atoms with Crippen LogP contribution >= 0.6 is 0 Å². The molecule has 0 saturated carbocycles. The Bertz CT molecular complexity index is 738. The van der Waals surface area contributed by atoms with Crippen molar-refractivity contribution >= 4 is 11.6 Å². The Morgan fingerprint density at radius 1 is 1.08 bits per heavy atom. The SMILES string of the molecule is COc1cc(NC(C)C(=O)N2CCc3ccccc3C2)cc(OC)c1. The Balaban J connectivity index is 1.69. The van der Waals surface area contributed by atoms with E-state index in [0.717, 1.165) is 18.7 Å². The van der Waals surface area contributed by atoms with E-state index in [0.29, 0.717) is 18.0 Å². The quantitative estimate of drug-likeness (QED) is 0.909. The van der Waals surface area contributed by atoms with Gasteiger partial charge in [-0.05, 0) is 24.5 Å². The van der Waals surface area contributed by atoms with Crippen molar-refractivity contribution in [3.63, 3.8) is 0 Å². The van der Waals surface area contributed by atoms with E-state index in [2.05, 4.69) is 23.5 Å². The molecular formula is C20H24N2O3. The van der Waals surface area contributed by atoms with Gasteiger partial charge in [0.15, 0.2) is 0 Å². The molecule has 0 fully saturated rings. The number of hydrogen-bond donors (Lipinski definition) is 1. The number of nitrogens with one attached hydrogen (secondary N) is 1. The number of nitrogens with zero attached hydrogens (tertiary/aromatic N) is 1. The minimum atomic E-state index is -0.331. The Morgan fingerprint density at radius 2 is 1.72 bits per heavy atom. The molecule has 2 aromatic carbocycles. The van der Waals surface area contributed by atoms with Gasteiger partial charge in [-0.3, -0.25) is 4.79 Å². The number of carbonyl (C=O) groups is 1. The third-order valence-corrected chi connectivity index (χ3v) is 4.55. The Morgan fingerprint density at radius 3 is 2.36 bits per heavy atom. The average molecular weight is 340 g/mol. The van der Waals surface area contributed by atoms with Crippen LogP contribution in [0.15, 0.2) is 42.5 Å². The van der Waals surface area contributed by atoms with Crippen LogP contribution in [0.1, 0.15) is 18.1 Å². The standard InChI is InChI=1S/C20H24N2O3/c1-14(21-17-10-18(24-2)12-19(11-17)25-3)20(23)22-9-8-15-6-4-5-7-16(15)13-22/h4-7,10-12,14,21H,8-9,13H2,1-3H3. The van der Waals surface area contributed by atoms with Gasteiger partial charge >= 0.3 is 0 Å². The molecule has 0 aliphatic carbocycles. The number of carbonyl (C=O) groups excluding carboxylic acids is 1.